The van der Waals surface area contributed by atoms with E-state index < -0.39 is 0 Å². The van der Waals surface area contributed by atoms with Crippen molar-refractivity contribution in [2.75, 3.05) is 0 Å². The van der Waals surface area contributed by atoms with E-state index in [1.807, 2.05) is 0 Å². The summed E-state index contributed by atoms with van der Waals surface area (Å²) in [6, 6.07) is 0. The van der Waals surface area contributed by atoms with Gasteiger partial charge in [-0.25, -0.2) is 0 Å². The van der Waals surface area contributed by atoms with Crippen molar-refractivity contribution >= 4 is 0 Å². The molecule has 1 saturated carbocycles. The van der Waals surface area contributed by atoms with E-state index >= 15 is 0 Å². The molecule has 0 nitrogen and oxygen atoms in total. The van der Waals surface area contributed by atoms with Gasteiger partial charge in [0.2, 0.25) is 0 Å². The minimum absolute atomic E-state index is 0.801. The monoisotopic (exact) mass is 206 g/mol. The van der Waals surface area contributed by atoms with Crippen LogP contribution in [0, 0.1) is 11.8 Å². The Morgan fingerprint density at radius 3 is 2.33 bits per heavy atom. The third kappa shape index (κ3) is 5.20. The molecule has 0 heterocycles. The van der Waals surface area contributed by atoms with Gasteiger partial charge in [0.1, 0.15) is 0 Å². The first-order chi connectivity index (χ1) is 7.36. The smallest absolute Gasteiger partial charge is 0.0233 e. The number of allylic oxidation sites excluding steroid dienone is 3. The van der Waals surface area contributed by atoms with E-state index in [1.165, 1.54) is 51.4 Å². The first kappa shape index (κ1) is 12.5. The Balaban J connectivity index is 2.09. The molecule has 1 fully saturated rings. The van der Waals surface area contributed by atoms with E-state index in [1.54, 1.807) is 0 Å². The lowest BCUT2D eigenvalue weighted by Crippen LogP contribution is -2.10. The summed E-state index contributed by atoms with van der Waals surface area (Å²) in [4.78, 5) is 0. The zero-order valence-corrected chi connectivity index (χ0v) is 10.3. The lowest BCUT2D eigenvalue weighted by Gasteiger charge is -2.24. The highest BCUT2D eigenvalue weighted by Crippen LogP contribution is 2.30. The second-order valence-corrected chi connectivity index (χ2v) is 4.83. The lowest BCUT2D eigenvalue weighted by molar-refractivity contribution is 0.356. The number of hydrogen-bond donors (Lipinski definition) is 0. The van der Waals surface area contributed by atoms with Crippen molar-refractivity contribution in [2.24, 2.45) is 11.8 Å². The quantitative estimate of drug-likeness (QED) is 0.418. The highest BCUT2D eigenvalue weighted by molar-refractivity contribution is 4.93. The number of rotatable bonds is 6. The predicted octanol–water partition coefficient (Wildman–Crippen LogP) is 5.12. The SMILES string of the molecule is C=CC1CCC(C=CCCCCC)CC1. The number of unbranched alkanes of at least 4 members (excludes halogenated alkanes) is 3. The van der Waals surface area contributed by atoms with E-state index in [-0.39, 0.29) is 0 Å². The van der Waals surface area contributed by atoms with Crippen LogP contribution in [0.2, 0.25) is 0 Å². The molecule has 0 N–H and O–H groups in total. The summed E-state index contributed by atoms with van der Waals surface area (Å²) in [6.07, 6.45) is 17.9. The molecule has 1 rings (SSSR count). The molecule has 0 unspecified atom stereocenters. The normalized spacial score (nSPS) is 27.0. The molecule has 15 heavy (non-hydrogen) atoms. The molecule has 1 aliphatic rings. The van der Waals surface area contributed by atoms with Crippen LogP contribution in [0.25, 0.3) is 0 Å². The summed E-state index contributed by atoms with van der Waals surface area (Å²) in [6.45, 7) is 6.15. The standard InChI is InChI=1S/C15H26/c1-3-5-6-7-8-9-15-12-10-14(4-2)11-13-15/h4,8-9,14-15H,2-3,5-7,10-13H2,1H3. The minimum atomic E-state index is 0.801. The van der Waals surface area contributed by atoms with Crippen LogP contribution in [-0.2, 0) is 0 Å². The molecule has 0 radical (unpaired) electrons. The largest absolute Gasteiger partial charge is 0.103 e. The van der Waals surface area contributed by atoms with Crippen molar-refractivity contribution in [3.8, 4) is 0 Å². The summed E-state index contributed by atoms with van der Waals surface area (Å²) in [5.41, 5.74) is 0. The van der Waals surface area contributed by atoms with Gasteiger partial charge in [0, 0.05) is 0 Å². The average molecular weight is 206 g/mol. The van der Waals surface area contributed by atoms with E-state index in [0.717, 1.165) is 11.8 Å². The molecule has 0 amide bonds. The Morgan fingerprint density at radius 1 is 1.07 bits per heavy atom. The second-order valence-electron chi connectivity index (χ2n) is 4.83. The maximum Gasteiger partial charge on any atom is -0.0233 e. The topological polar surface area (TPSA) is 0 Å². The van der Waals surface area contributed by atoms with Gasteiger partial charge in [-0.1, -0.05) is 38.0 Å². The van der Waals surface area contributed by atoms with Crippen molar-refractivity contribution in [3.63, 3.8) is 0 Å². The van der Waals surface area contributed by atoms with Gasteiger partial charge in [-0.15, -0.1) is 6.58 Å². The van der Waals surface area contributed by atoms with Gasteiger partial charge in [-0.05, 0) is 50.4 Å². The Labute approximate surface area is 95.5 Å². The second kappa shape index (κ2) is 7.73. The van der Waals surface area contributed by atoms with Crippen molar-refractivity contribution in [3.05, 3.63) is 24.8 Å². The molecule has 0 spiro atoms. The average Bonchev–Trinajstić information content (AvgIpc) is 2.30. The van der Waals surface area contributed by atoms with Crippen molar-refractivity contribution in [1.82, 2.24) is 0 Å². The van der Waals surface area contributed by atoms with E-state index in [9.17, 15) is 0 Å². The molecule has 0 aromatic carbocycles. The predicted molar refractivity (Wildman–Crippen MR) is 68.9 cm³/mol. The molecule has 0 aromatic heterocycles. The maximum atomic E-state index is 3.89. The van der Waals surface area contributed by atoms with Crippen LogP contribution in [0.1, 0.15) is 58.3 Å². The zero-order valence-electron chi connectivity index (χ0n) is 10.3. The van der Waals surface area contributed by atoms with E-state index in [0.29, 0.717) is 0 Å². The summed E-state index contributed by atoms with van der Waals surface area (Å²) < 4.78 is 0. The molecule has 0 heteroatoms. The van der Waals surface area contributed by atoms with Crippen LogP contribution in [-0.4, -0.2) is 0 Å². The van der Waals surface area contributed by atoms with Gasteiger partial charge in [-0.3, -0.25) is 0 Å². The molecule has 0 saturated heterocycles. The van der Waals surface area contributed by atoms with Gasteiger partial charge < -0.3 is 0 Å². The fourth-order valence-electron chi connectivity index (χ4n) is 2.37. The molecular weight excluding hydrogens is 180 g/mol. The summed E-state index contributed by atoms with van der Waals surface area (Å²) in [5, 5.41) is 0. The zero-order chi connectivity index (χ0) is 10.9. The van der Waals surface area contributed by atoms with E-state index in [2.05, 4.69) is 31.7 Å². The fourth-order valence-corrected chi connectivity index (χ4v) is 2.37. The van der Waals surface area contributed by atoms with Gasteiger partial charge >= 0.3 is 0 Å². The molecule has 0 atom stereocenters. The summed E-state index contributed by atoms with van der Waals surface area (Å²) >= 11 is 0. The van der Waals surface area contributed by atoms with Crippen LogP contribution in [0.4, 0.5) is 0 Å². The Kier molecular flexibility index (Phi) is 6.47. The van der Waals surface area contributed by atoms with Gasteiger partial charge in [0.25, 0.3) is 0 Å². The third-order valence-corrected chi connectivity index (χ3v) is 3.53. The maximum absolute atomic E-state index is 3.89. The Hall–Kier alpha value is -0.520. The van der Waals surface area contributed by atoms with Crippen LogP contribution in [0.3, 0.4) is 0 Å². The lowest BCUT2D eigenvalue weighted by atomic mass is 9.82. The van der Waals surface area contributed by atoms with Crippen molar-refractivity contribution < 1.29 is 0 Å². The summed E-state index contributed by atoms with van der Waals surface area (Å²) in [7, 11) is 0. The highest BCUT2D eigenvalue weighted by Gasteiger charge is 2.16. The van der Waals surface area contributed by atoms with Crippen LogP contribution >= 0.6 is 0 Å². The van der Waals surface area contributed by atoms with Crippen LogP contribution in [0.15, 0.2) is 24.8 Å². The Bertz CT molecular complexity index is 182. The number of hydrogen-bond acceptors (Lipinski definition) is 0. The third-order valence-electron chi connectivity index (χ3n) is 3.53. The van der Waals surface area contributed by atoms with Gasteiger partial charge in [-0.2, -0.15) is 0 Å². The molecule has 1 aliphatic carbocycles. The molecule has 0 bridgehead atoms. The highest BCUT2D eigenvalue weighted by atomic mass is 14.2. The fraction of sp³-hybridized carbons (Fsp3) is 0.733. The first-order valence-electron chi connectivity index (χ1n) is 6.66. The van der Waals surface area contributed by atoms with Gasteiger partial charge in [0.15, 0.2) is 0 Å². The molecule has 0 aliphatic heterocycles. The first-order valence-corrected chi connectivity index (χ1v) is 6.66. The molecular formula is C15H26. The van der Waals surface area contributed by atoms with Crippen LogP contribution in [0.5, 0.6) is 0 Å². The molecule has 0 aromatic rings. The van der Waals surface area contributed by atoms with Crippen molar-refractivity contribution in [2.45, 2.75) is 58.3 Å². The molecule has 86 valence electrons. The summed E-state index contributed by atoms with van der Waals surface area (Å²) in [5.74, 6) is 1.66. The van der Waals surface area contributed by atoms with Gasteiger partial charge in [0.05, 0.1) is 0 Å². The van der Waals surface area contributed by atoms with Crippen molar-refractivity contribution in [1.29, 1.82) is 0 Å². The Morgan fingerprint density at radius 2 is 1.73 bits per heavy atom. The van der Waals surface area contributed by atoms with E-state index in [4.69, 9.17) is 0 Å². The van der Waals surface area contributed by atoms with Crippen LogP contribution < -0.4 is 0 Å². The minimum Gasteiger partial charge on any atom is -0.103 e.